The molecule has 4 nitrogen and oxygen atoms in total. The van der Waals surface area contributed by atoms with Crippen molar-refractivity contribution in [3.05, 3.63) is 11.1 Å². The van der Waals surface area contributed by atoms with Crippen molar-refractivity contribution >= 4 is 23.4 Å². The Morgan fingerprint density at radius 1 is 1.32 bits per heavy atom. The number of nitrogens with one attached hydrogen (secondary N) is 1. The van der Waals surface area contributed by atoms with Gasteiger partial charge in [-0.15, -0.1) is 0 Å². The zero-order chi connectivity index (χ0) is 14.4. The van der Waals surface area contributed by atoms with Gasteiger partial charge in [-0.1, -0.05) is 38.3 Å². The number of hydrogen-bond acceptors (Lipinski definition) is 2. The molecule has 5 heteroatoms. The SMILES string of the molecule is CCCC1NC(=O)C(CCC)N(CC(C)=CCl)C1=O. The molecule has 1 fully saturated rings. The van der Waals surface area contributed by atoms with Crippen LogP contribution in [0.2, 0.25) is 0 Å². The van der Waals surface area contributed by atoms with E-state index >= 15 is 0 Å². The summed E-state index contributed by atoms with van der Waals surface area (Å²) in [5, 5.41) is 2.84. The molecule has 1 aliphatic heterocycles. The van der Waals surface area contributed by atoms with Crippen LogP contribution in [-0.4, -0.2) is 35.3 Å². The quantitative estimate of drug-likeness (QED) is 0.815. The molecule has 0 aromatic rings. The summed E-state index contributed by atoms with van der Waals surface area (Å²) < 4.78 is 0. The van der Waals surface area contributed by atoms with Gasteiger partial charge in [-0.05, 0) is 25.3 Å². The second-order valence-electron chi connectivity index (χ2n) is 5.08. The first kappa shape index (κ1) is 16.0. The fraction of sp³-hybridized carbons (Fsp3) is 0.714. The van der Waals surface area contributed by atoms with Gasteiger partial charge in [-0.2, -0.15) is 0 Å². The van der Waals surface area contributed by atoms with Crippen molar-refractivity contribution in [1.29, 1.82) is 0 Å². The minimum Gasteiger partial charge on any atom is -0.343 e. The highest BCUT2D eigenvalue weighted by atomic mass is 35.5. The van der Waals surface area contributed by atoms with E-state index in [0.717, 1.165) is 18.4 Å². The summed E-state index contributed by atoms with van der Waals surface area (Å²) in [4.78, 5) is 26.3. The molecular formula is C14H23ClN2O2. The predicted molar refractivity (Wildman–Crippen MR) is 76.9 cm³/mol. The molecule has 1 rings (SSSR count). The van der Waals surface area contributed by atoms with Crippen molar-refractivity contribution in [3.8, 4) is 0 Å². The molecule has 1 N–H and O–H groups in total. The van der Waals surface area contributed by atoms with E-state index in [0.29, 0.717) is 19.4 Å². The van der Waals surface area contributed by atoms with E-state index in [-0.39, 0.29) is 23.9 Å². The molecule has 0 aromatic heterocycles. The molecule has 2 amide bonds. The molecule has 19 heavy (non-hydrogen) atoms. The minimum atomic E-state index is -0.381. The summed E-state index contributed by atoms with van der Waals surface area (Å²) in [6.07, 6.45) is 3.10. The third kappa shape index (κ3) is 3.96. The molecule has 1 aliphatic rings. The zero-order valence-electron chi connectivity index (χ0n) is 11.9. The third-order valence-electron chi connectivity index (χ3n) is 3.32. The Balaban J connectivity index is 2.92. The van der Waals surface area contributed by atoms with Gasteiger partial charge in [0.15, 0.2) is 0 Å². The molecule has 0 aliphatic carbocycles. The van der Waals surface area contributed by atoms with E-state index in [9.17, 15) is 9.59 Å². The van der Waals surface area contributed by atoms with Gasteiger partial charge in [0.05, 0.1) is 0 Å². The summed E-state index contributed by atoms with van der Waals surface area (Å²) in [6, 6.07) is -0.745. The number of rotatable bonds is 6. The number of carbonyl (C=O) groups is 2. The van der Waals surface area contributed by atoms with Gasteiger partial charge in [-0.25, -0.2) is 0 Å². The minimum absolute atomic E-state index is 0.0118. The van der Waals surface area contributed by atoms with Gasteiger partial charge in [0.2, 0.25) is 11.8 Å². The van der Waals surface area contributed by atoms with E-state index < -0.39 is 0 Å². The molecule has 1 heterocycles. The first-order chi connectivity index (χ1) is 9.04. The van der Waals surface area contributed by atoms with E-state index in [1.54, 1.807) is 4.90 Å². The van der Waals surface area contributed by atoms with Crippen LogP contribution < -0.4 is 5.32 Å². The molecule has 0 radical (unpaired) electrons. The molecule has 1 saturated heterocycles. The van der Waals surface area contributed by atoms with E-state index in [4.69, 9.17) is 11.6 Å². The Bertz CT molecular complexity index is 368. The number of nitrogens with zero attached hydrogens (tertiary/aromatic N) is 1. The van der Waals surface area contributed by atoms with Crippen LogP contribution >= 0.6 is 11.6 Å². The standard InChI is InChI=1S/C14H23ClN2O2/c1-4-6-11-14(19)17(9-10(3)8-15)12(7-5-2)13(18)16-11/h8,11-12H,4-7,9H2,1-3H3,(H,16,18). The maximum absolute atomic E-state index is 12.4. The molecule has 108 valence electrons. The van der Waals surface area contributed by atoms with Crippen LogP contribution in [0.3, 0.4) is 0 Å². The van der Waals surface area contributed by atoms with E-state index in [1.165, 1.54) is 5.54 Å². The Labute approximate surface area is 120 Å². The first-order valence-electron chi connectivity index (χ1n) is 6.91. The Kier molecular flexibility index (Phi) is 6.35. The lowest BCUT2D eigenvalue weighted by Crippen LogP contribution is -2.63. The van der Waals surface area contributed by atoms with Crippen LogP contribution in [-0.2, 0) is 9.59 Å². The maximum Gasteiger partial charge on any atom is 0.246 e. The van der Waals surface area contributed by atoms with Gasteiger partial charge >= 0.3 is 0 Å². The Morgan fingerprint density at radius 2 is 1.95 bits per heavy atom. The summed E-state index contributed by atoms with van der Waals surface area (Å²) in [5.41, 5.74) is 2.36. The van der Waals surface area contributed by atoms with Crippen molar-refractivity contribution in [3.63, 3.8) is 0 Å². The van der Waals surface area contributed by atoms with Crippen molar-refractivity contribution in [2.75, 3.05) is 6.54 Å². The van der Waals surface area contributed by atoms with Crippen LogP contribution in [0.1, 0.15) is 46.5 Å². The highest BCUT2D eigenvalue weighted by Crippen LogP contribution is 2.18. The normalized spacial score (nSPS) is 24.6. The Hall–Kier alpha value is -1.03. The second kappa shape index (κ2) is 7.53. The summed E-state index contributed by atoms with van der Waals surface area (Å²) in [5.74, 6) is -0.0277. The van der Waals surface area contributed by atoms with E-state index in [2.05, 4.69) is 5.32 Å². The third-order valence-corrected chi connectivity index (χ3v) is 3.69. The van der Waals surface area contributed by atoms with Crippen molar-refractivity contribution in [1.82, 2.24) is 10.2 Å². The van der Waals surface area contributed by atoms with Gasteiger partial charge < -0.3 is 10.2 Å². The zero-order valence-corrected chi connectivity index (χ0v) is 12.7. The predicted octanol–water partition coefficient (Wildman–Crippen LogP) is 2.42. The molecule has 0 bridgehead atoms. The maximum atomic E-state index is 12.4. The highest BCUT2D eigenvalue weighted by molar-refractivity contribution is 6.25. The van der Waals surface area contributed by atoms with Crippen LogP contribution in [0.4, 0.5) is 0 Å². The molecule has 0 spiro atoms. The van der Waals surface area contributed by atoms with Crippen LogP contribution in [0.15, 0.2) is 11.1 Å². The fourth-order valence-corrected chi connectivity index (χ4v) is 2.43. The topological polar surface area (TPSA) is 49.4 Å². The van der Waals surface area contributed by atoms with E-state index in [1.807, 2.05) is 20.8 Å². The number of halogens is 1. The van der Waals surface area contributed by atoms with Gasteiger partial charge in [-0.3, -0.25) is 9.59 Å². The van der Waals surface area contributed by atoms with Crippen molar-refractivity contribution in [2.45, 2.75) is 58.5 Å². The number of hydrogen-bond donors (Lipinski definition) is 1. The average Bonchev–Trinajstić information content (AvgIpc) is 2.39. The van der Waals surface area contributed by atoms with Gasteiger partial charge in [0.1, 0.15) is 12.1 Å². The largest absolute Gasteiger partial charge is 0.343 e. The molecule has 0 saturated carbocycles. The summed E-state index contributed by atoms with van der Waals surface area (Å²) in [6.45, 7) is 6.31. The van der Waals surface area contributed by atoms with Crippen LogP contribution in [0.25, 0.3) is 0 Å². The van der Waals surface area contributed by atoms with Gasteiger partial charge in [0, 0.05) is 12.1 Å². The lowest BCUT2D eigenvalue weighted by atomic mass is 10.00. The molecular weight excluding hydrogens is 264 g/mol. The molecule has 2 unspecified atom stereocenters. The fourth-order valence-electron chi connectivity index (χ4n) is 2.36. The van der Waals surface area contributed by atoms with Gasteiger partial charge in [0.25, 0.3) is 0 Å². The summed E-state index contributed by atoms with van der Waals surface area (Å²) >= 11 is 5.68. The summed E-state index contributed by atoms with van der Waals surface area (Å²) in [7, 11) is 0. The molecule has 2 atom stereocenters. The lowest BCUT2D eigenvalue weighted by Gasteiger charge is -2.39. The Morgan fingerprint density at radius 3 is 2.47 bits per heavy atom. The average molecular weight is 287 g/mol. The highest BCUT2D eigenvalue weighted by Gasteiger charge is 2.39. The van der Waals surface area contributed by atoms with Crippen LogP contribution in [0.5, 0.6) is 0 Å². The van der Waals surface area contributed by atoms with Crippen molar-refractivity contribution < 1.29 is 9.59 Å². The molecule has 0 aromatic carbocycles. The monoisotopic (exact) mass is 286 g/mol. The second-order valence-corrected chi connectivity index (χ2v) is 5.29. The number of amides is 2. The number of piperazine rings is 1. The van der Waals surface area contributed by atoms with Crippen molar-refractivity contribution in [2.24, 2.45) is 0 Å². The smallest absolute Gasteiger partial charge is 0.246 e. The number of carbonyl (C=O) groups excluding carboxylic acids is 2. The first-order valence-corrected chi connectivity index (χ1v) is 7.35. The van der Waals surface area contributed by atoms with Crippen LogP contribution in [0, 0.1) is 0 Å². The lowest BCUT2D eigenvalue weighted by molar-refractivity contribution is -0.149.